The second kappa shape index (κ2) is 9.40. The zero-order chi connectivity index (χ0) is 19.2. The lowest BCUT2D eigenvalue weighted by Crippen LogP contribution is -2.19. The van der Waals surface area contributed by atoms with Gasteiger partial charge in [-0.15, -0.1) is 0 Å². The van der Waals surface area contributed by atoms with E-state index in [2.05, 4.69) is 32.0 Å². The van der Waals surface area contributed by atoms with Crippen molar-refractivity contribution in [1.29, 1.82) is 0 Å². The standard InChI is InChI=1S/C22H32O3S/c1-17(2)26(23,24)15-13-18(3)8-5-6-9-20-11-12-21(16-19(20)4)22-10-7-14-25-22/h7,10-12,14,16-18H,5-6,8-9,13,15H2,1-4H3. The van der Waals surface area contributed by atoms with Crippen LogP contribution in [0.15, 0.2) is 41.0 Å². The molecular formula is C22H32O3S. The van der Waals surface area contributed by atoms with Gasteiger partial charge in [0, 0.05) is 5.56 Å². The fraction of sp³-hybridized carbons (Fsp3) is 0.545. The van der Waals surface area contributed by atoms with Gasteiger partial charge in [0.05, 0.1) is 17.3 Å². The number of unbranched alkanes of at least 4 members (excludes halogenated alkanes) is 1. The van der Waals surface area contributed by atoms with Crippen LogP contribution in [-0.4, -0.2) is 19.4 Å². The molecular weight excluding hydrogens is 344 g/mol. The highest BCUT2D eigenvalue weighted by Crippen LogP contribution is 2.24. The lowest BCUT2D eigenvalue weighted by molar-refractivity contribution is 0.480. The van der Waals surface area contributed by atoms with E-state index in [-0.39, 0.29) is 5.25 Å². The summed E-state index contributed by atoms with van der Waals surface area (Å²) in [7, 11) is -2.90. The average Bonchev–Trinajstić information content (AvgIpc) is 3.12. The number of benzene rings is 1. The minimum Gasteiger partial charge on any atom is -0.464 e. The average molecular weight is 377 g/mol. The lowest BCUT2D eigenvalue weighted by atomic mass is 9.96. The Hall–Kier alpha value is -1.55. The van der Waals surface area contributed by atoms with E-state index in [0.717, 1.165) is 43.4 Å². The van der Waals surface area contributed by atoms with Crippen molar-refractivity contribution in [3.8, 4) is 11.3 Å². The molecule has 2 rings (SSSR count). The number of sulfone groups is 1. The highest BCUT2D eigenvalue weighted by molar-refractivity contribution is 7.91. The van der Waals surface area contributed by atoms with Crippen LogP contribution in [0.2, 0.25) is 0 Å². The maximum atomic E-state index is 11.9. The van der Waals surface area contributed by atoms with Gasteiger partial charge in [-0.2, -0.15) is 0 Å². The van der Waals surface area contributed by atoms with Crippen molar-refractivity contribution in [2.24, 2.45) is 5.92 Å². The van der Waals surface area contributed by atoms with Gasteiger partial charge in [-0.3, -0.25) is 0 Å². The summed E-state index contributed by atoms with van der Waals surface area (Å²) in [6, 6.07) is 10.4. The van der Waals surface area contributed by atoms with Gasteiger partial charge in [0.25, 0.3) is 0 Å². The number of hydrogen-bond acceptors (Lipinski definition) is 3. The minimum atomic E-state index is -2.90. The third-order valence-electron chi connectivity index (χ3n) is 5.15. The third kappa shape index (κ3) is 6.01. The summed E-state index contributed by atoms with van der Waals surface area (Å²) < 4.78 is 29.2. The lowest BCUT2D eigenvalue weighted by Gasteiger charge is -2.13. The van der Waals surface area contributed by atoms with Gasteiger partial charge in [0.2, 0.25) is 0 Å². The first-order valence-electron chi connectivity index (χ1n) is 9.64. The highest BCUT2D eigenvalue weighted by atomic mass is 32.2. The molecule has 26 heavy (non-hydrogen) atoms. The Labute approximate surface area is 158 Å². The highest BCUT2D eigenvalue weighted by Gasteiger charge is 2.17. The smallest absolute Gasteiger partial charge is 0.152 e. The van der Waals surface area contributed by atoms with Gasteiger partial charge in [-0.1, -0.05) is 31.9 Å². The molecule has 1 heterocycles. The maximum Gasteiger partial charge on any atom is 0.152 e. The van der Waals surface area contributed by atoms with Gasteiger partial charge in [-0.25, -0.2) is 8.42 Å². The summed E-state index contributed by atoms with van der Waals surface area (Å²) >= 11 is 0. The summed E-state index contributed by atoms with van der Waals surface area (Å²) in [6.07, 6.45) is 6.92. The molecule has 0 N–H and O–H groups in total. The molecule has 0 aliphatic rings. The van der Waals surface area contributed by atoms with E-state index in [4.69, 9.17) is 4.42 Å². The van der Waals surface area contributed by atoms with E-state index in [1.165, 1.54) is 11.1 Å². The van der Waals surface area contributed by atoms with Crippen LogP contribution in [-0.2, 0) is 16.3 Å². The van der Waals surface area contributed by atoms with Gasteiger partial charge in [0.1, 0.15) is 5.76 Å². The molecule has 1 atom stereocenters. The zero-order valence-electron chi connectivity index (χ0n) is 16.5. The number of aryl methyl sites for hydroxylation is 2. The first-order valence-corrected chi connectivity index (χ1v) is 11.4. The van der Waals surface area contributed by atoms with Gasteiger partial charge < -0.3 is 4.42 Å². The molecule has 0 saturated carbocycles. The van der Waals surface area contributed by atoms with Crippen molar-refractivity contribution >= 4 is 9.84 Å². The van der Waals surface area contributed by atoms with Crippen LogP contribution in [0.5, 0.6) is 0 Å². The SMILES string of the molecule is Cc1cc(-c2ccco2)ccc1CCCCC(C)CCS(=O)(=O)C(C)C. The molecule has 1 aromatic heterocycles. The van der Waals surface area contributed by atoms with Crippen LogP contribution in [0.4, 0.5) is 0 Å². The predicted octanol–water partition coefficient (Wildman–Crippen LogP) is 5.82. The summed E-state index contributed by atoms with van der Waals surface area (Å²) in [5, 5.41) is -0.262. The molecule has 1 aromatic carbocycles. The Morgan fingerprint density at radius 2 is 1.81 bits per heavy atom. The summed E-state index contributed by atoms with van der Waals surface area (Å²) in [6.45, 7) is 7.85. The predicted molar refractivity (Wildman–Crippen MR) is 109 cm³/mol. The Kier molecular flexibility index (Phi) is 7.51. The normalized spacial score (nSPS) is 13.3. The Morgan fingerprint density at radius 3 is 2.42 bits per heavy atom. The van der Waals surface area contributed by atoms with Crippen molar-refractivity contribution in [2.75, 3.05) is 5.75 Å². The summed E-state index contributed by atoms with van der Waals surface area (Å²) in [5.74, 6) is 1.69. The number of rotatable bonds is 10. The fourth-order valence-corrected chi connectivity index (χ4v) is 4.33. The third-order valence-corrected chi connectivity index (χ3v) is 7.40. The van der Waals surface area contributed by atoms with Gasteiger partial charge in [-0.05, 0) is 75.3 Å². The molecule has 0 bridgehead atoms. The van der Waals surface area contributed by atoms with Crippen LogP contribution in [0.1, 0.15) is 57.6 Å². The van der Waals surface area contributed by atoms with Crippen molar-refractivity contribution in [3.63, 3.8) is 0 Å². The van der Waals surface area contributed by atoms with Gasteiger partial charge >= 0.3 is 0 Å². The molecule has 2 aromatic rings. The quantitative estimate of drug-likeness (QED) is 0.491. The fourth-order valence-electron chi connectivity index (χ4n) is 3.13. The molecule has 0 aliphatic carbocycles. The van der Waals surface area contributed by atoms with E-state index in [1.807, 2.05) is 12.1 Å². The molecule has 1 unspecified atom stereocenters. The second-order valence-corrected chi connectivity index (χ2v) is 10.4. The topological polar surface area (TPSA) is 47.3 Å². The van der Waals surface area contributed by atoms with Crippen LogP contribution in [0.25, 0.3) is 11.3 Å². The largest absolute Gasteiger partial charge is 0.464 e. The molecule has 3 nitrogen and oxygen atoms in total. The van der Waals surface area contributed by atoms with E-state index in [0.29, 0.717) is 11.7 Å². The number of furan rings is 1. The number of hydrogen-bond donors (Lipinski definition) is 0. The summed E-state index contributed by atoms with van der Waals surface area (Å²) in [5.41, 5.74) is 3.81. The van der Waals surface area contributed by atoms with Crippen LogP contribution in [0.3, 0.4) is 0 Å². The van der Waals surface area contributed by atoms with Crippen LogP contribution < -0.4 is 0 Å². The molecule has 0 aliphatic heterocycles. The Morgan fingerprint density at radius 1 is 1.04 bits per heavy atom. The van der Waals surface area contributed by atoms with E-state index in [1.54, 1.807) is 20.1 Å². The Balaban J connectivity index is 1.74. The van der Waals surface area contributed by atoms with Crippen molar-refractivity contribution in [3.05, 3.63) is 47.7 Å². The summed E-state index contributed by atoms with van der Waals surface area (Å²) in [4.78, 5) is 0. The molecule has 144 valence electrons. The zero-order valence-corrected chi connectivity index (χ0v) is 17.3. The molecule has 0 saturated heterocycles. The van der Waals surface area contributed by atoms with E-state index in [9.17, 15) is 8.42 Å². The molecule has 0 spiro atoms. The van der Waals surface area contributed by atoms with Crippen molar-refractivity contribution < 1.29 is 12.8 Å². The first-order chi connectivity index (χ1) is 12.3. The van der Waals surface area contributed by atoms with Crippen LogP contribution in [0, 0.1) is 12.8 Å². The van der Waals surface area contributed by atoms with Crippen LogP contribution >= 0.6 is 0 Å². The molecule has 0 fully saturated rings. The monoisotopic (exact) mass is 376 g/mol. The van der Waals surface area contributed by atoms with Crippen molar-refractivity contribution in [2.45, 2.75) is 65.0 Å². The molecule has 0 amide bonds. The van der Waals surface area contributed by atoms with Crippen molar-refractivity contribution in [1.82, 2.24) is 0 Å². The van der Waals surface area contributed by atoms with Gasteiger partial charge in [0.15, 0.2) is 9.84 Å². The minimum absolute atomic E-state index is 0.262. The molecule has 0 radical (unpaired) electrons. The van der Waals surface area contributed by atoms with E-state index >= 15 is 0 Å². The van der Waals surface area contributed by atoms with E-state index < -0.39 is 9.84 Å². The Bertz CT molecular complexity index is 774. The molecule has 4 heteroatoms. The maximum absolute atomic E-state index is 11.9. The second-order valence-electron chi connectivity index (χ2n) is 7.67. The first kappa shape index (κ1) is 20.8.